The van der Waals surface area contributed by atoms with Crippen LogP contribution in [0.25, 0.3) is 77.2 Å². The van der Waals surface area contributed by atoms with Crippen molar-refractivity contribution >= 4 is 54.6 Å². The normalized spacial score (nSPS) is 12.2. The quantitative estimate of drug-likeness (QED) is 0.166. The maximum absolute atomic E-state index is 13.8. The fourth-order valence-electron chi connectivity index (χ4n) is 6.07. The molecular formula is C42H29FIrN2O2-2. The number of furan rings is 2. The predicted octanol–water partition coefficient (Wildman–Crippen LogP) is 11.4. The van der Waals surface area contributed by atoms with E-state index >= 15 is 0 Å². The van der Waals surface area contributed by atoms with Crippen molar-refractivity contribution in [2.75, 3.05) is 0 Å². The largest absolute Gasteiger partial charge is 0.500 e. The minimum absolute atomic E-state index is 0. The van der Waals surface area contributed by atoms with Gasteiger partial charge in [0.15, 0.2) is 0 Å². The van der Waals surface area contributed by atoms with Gasteiger partial charge in [-0.3, -0.25) is 0 Å². The maximum Gasteiger partial charge on any atom is 0.143 e. The van der Waals surface area contributed by atoms with Gasteiger partial charge in [0.1, 0.15) is 22.6 Å². The third kappa shape index (κ3) is 5.79. The molecule has 0 unspecified atom stereocenters. The molecule has 237 valence electrons. The van der Waals surface area contributed by atoms with Crippen molar-refractivity contribution in [3.63, 3.8) is 0 Å². The number of hydrogen-bond donors (Lipinski definition) is 0. The van der Waals surface area contributed by atoms with Gasteiger partial charge in [0, 0.05) is 68.2 Å². The Morgan fingerprint density at radius 3 is 2.06 bits per heavy atom. The van der Waals surface area contributed by atoms with Crippen molar-refractivity contribution in [1.82, 2.24) is 9.97 Å². The predicted molar refractivity (Wildman–Crippen MR) is 188 cm³/mol. The Labute approximate surface area is 293 Å². The average molecular weight is 807 g/mol. The molecule has 4 nitrogen and oxygen atoms in total. The van der Waals surface area contributed by atoms with Gasteiger partial charge in [0.25, 0.3) is 0 Å². The molecule has 0 aliphatic carbocycles. The van der Waals surface area contributed by atoms with Crippen LogP contribution in [0.5, 0.6) is 0 Å². The molecule has 0 fully saturated rings. The molecule has 4 aromatic heterocycles. The minimum Gasteiger partial charge on any atom is -0.500 e. The van der Waals surface area contributed by atoms with E-state index in [9.17, 15) is 4.39 Å². The Balaban J connectivity index is 0.000000255. The summed E-state index contributed by atoms with van der Waals surface area (Å²) in [6, 6.07) is 40.0. The Kier molecular flexibility index (Phi) is 7.95. The molecule has 0 saturated carbocycles. The van der Waals surface area contributed by atoms with E-state index in [1.54, 1.807) is 30.6 Å². The average Bonchev–Trinajstić information content (AvgIpc) is 3.71. The van der Waals surface area contributed by atoms with Gasteiger partial charge in [-0.05, 0) is 66.1 Å². The van der Waals surface area contributed by atoms with E-state index < -0.39 is 6.37 Å². The number of aromatic nitrogens is 2. The van der Waals surface area contributed by atoms with Gasteiger partial charge in [-0.25, -0.2) is 4.39 Å². The first-order valence-electron chi connectivity index (χ1n) is 16.4. The van der Waals surface area contributed by atoms with Crippen LogP contribution in [0.1, 0.15) is 22.2 Å². The standard InChI is InChI=1S/C31H21FNO2.C11H8N.Ir/c1-17(2)14-18-12-13-33-27(15-18)26-5-3-4-21-23-10-11-24-25(30(23)35-31(21)26)9-8-22-20-7-6-19(32)16-28(20)34-29(22)24;1-2-6-10(7-3-1)11-8-4-5-9-12-11;/h3-4,6-13,15-17H,14H2,1-2H3;1-6,8-9H;/q2*-1;/i14D2;;. The van der Waals surface area contributed by atoms with Crippen LogP contribution in [-0.4, -0.2) is 9.97 Å². The smallest absolute Gasteiger partial charge is 0.143 e. The second-order valence-electron chi connectivity index (χ2n) is 11.6. The van der Waals surface area contributed by atoms with E-state index in [0.29, 0.717) is 33.6 Å². The number of hydrogen-bond acceptors (Lipinski definition) is 4. The minimum atomic E-state index is -1.49. The molecule has 0 aliphatic rings. The number of benzene rings is 5. The summed E-state index contributed by atoms with van der Waals surface area (Å²) in [5, 5.41) is 5.45. The summed E-state index contributed by atoms with van der Waals surface area (Å²) < 4.78 is 43.4. The number of fused-ring (bicyclic) bond motifs is 9. The second kappa shape index (κ2) is 13.2. The molecule has 1 radical (unpaired) electrons. The molecule has 0 aliphatic heterocycles. The molecule has 4 heterocycles. The number of pyridine rings is 2. The number of halogens is 1. The third-order valence-electron chi connectivity index (χ3n) is 8.11. The Morgan fingerprint density at radius 2 is 1.35 bits per heavy atom. The van der Waals surface area contributed by atoms with Crippen LogP contribution in [-0.2, 0) is 26.5 Å². The van der Waals surface area contributed by atoms with Crippen molar-refractivity contribution in [3.8, 4) is 22.5 Å². The van der Waals surface area contributed by atoms with Crippen LogP contribution >= 0.6 is 0 Å². The van der Waals surface area contributed by atoms with Gasteiger partial charge in [0.05, 0.1) is 5.58 Å². The van der Waals surface area contributed by atoms with Crippen molar-refractivity contribution in [3.05, 3.63) is 145 Å². The van der Waals surface area contributed by atoms with Crippen LogP contribution in [0.3, 0.4) is 0 Å². The van der Waals surface area contributed by atoms with E-state index in [4.69, 9.17) is 11.6 Å². The number of rotatable bonds is 4. The molecule has 0 N–H and O–H groups in total. The zero-order valence-electron chi connectivity index (χ0n) is 28.0. The van der Waals surface area contributed by atoms with Gasteiger partial charge >= 0.3 is 0 Å². The zero-order valence-corrected chi connectivity index (χ0v) is 28.4. The molecule has 0 amide bonds. The summed E-state index contributed by atoms with van der Waals surface area (Å²) in [5.74, 6) is -0.523. The van der Waals surface area contributed by atoms with Crippen molar-refractivity contribution in [1.29, 1.82) is 0 Å². The molecule has 9 rings (SSSR count). The Hall–Kier alpha value is -5.16. The van der Waals surface area contributed by atoms with Crippen molar-refractivity contribution < 1.29 is 36.1 Å². The molecule has 0 spiro atoms. The Bertz CT molecular complexity index is 2600. The van der Waals surface area contributed by atoms with E-state index in [1.165, 1.54) is 12.1 Å². The zero-order chi connectivity index (χ0) is 33.7. The summed E-state index contributed by atoms with van der Waals surface area (Å²) >= 11 is 0. The van der Waals surface area contributed by atoms with Crippen molar-refractivity contribution in [2.45, 2.75) is 20.2 Å². The van der Waals surface area contributed by atoms with Crippen LogP contribution in [0.4, 0.5) is 4.39 Å². The van der Waals surface area contributed by atoms with Gasteiger partial charge in [-0.15, -0.1) is 54.1 Å². The summed E-state index contributed by atoms with van der Waals surface area (Å²) in [6.07, 6.45) is 1.93. The topological polar surface area (TPSA) is 52.1 Å². The van der Waals surface area contributed by atoms with Gasteiger partial charge < -0.3 is 18.8 Å². The maximum atomic E-state index is 13.8. The number of nitrogens with zero attached hydrogens (tertiary/aromatic N) is 2. The second-order valence-corrected chi connectivity index (χ2v) is 11.6. The molecular weight excluding hydrogens is 776 g/mol. The first kappa shape index (κ1) is 29.0. The molecule has 6 heteroatoms. The Morgan fingerprint density at radius 1 is 0.667 bits per heavy atom. The van der Waals surface area contributed by atoms with Crippen LogP contribution in [0, 0.1) is 23.9 Å². The molecule has 48 heavy (non-hydrogen) atoms. The monoisotopic (exact) mass is 807 g/mol. The van der Waals surface area contributed by atoms with Gasteiger partial charge in [0.2, 0.25) is 0 Å². The summed E-state index contributed by atoms with van der Waals surface area (Å²) in [7, 11) is 0. The summed E-state index contributed by atoms with van der Waals surface area (Å²) in [4.78, 5) is 8.75. The van der Waals surface area contributed by atoms with E-state index in [1.807, 2.05) is 92.7 Å². The molecule has 0 bridgehead atoms. The molecule has 0 atom stereocenters. The summed E-state index contributed by atoms with van der Waals surface area (Å²) in [6.45, 7) is 3.74. The van der Waals surface area contributed by atoms with Crippen LogP contribution < -0.4 is 0 Å². The first-order valence-corrected chi connectivity index (χ1v) is 15.4. The summed E-state index contributed by atoms with van der Waals surface area (Å²) in [5.41, 5.74) is 6.44. The SMILES string of the molecule is [2H]C([2H])(c1ccnc(-c2[c-]ccc3c2oc2c3ccc3c2ccc2c4ccc(F)cc4oc23)c1)C(C)C.[Ir].[c-]1ccccc1-c1ccccn1. The van der Waals surface area contributed by atoms with Crippen LogP contribution in [0.15, 0.2) is 130 Å². The van der Waals surface area contributed by atoms with Gasteiger partial charge in [-0.2, -0.15) is 0 Å². The molecule has 9 aromatic rings. The fraction of sp³-hybridized carbons (Fsp3) is 0.0952. The fourth-order valence-corrected chi connectivity index (χ4v) is 6.07. The van der Waals surface area contributed by atoms with E-state index in [2.05, 4.69) is 22.1 Å². The van der Waals surface area contributed by atoms with E-state index in [0.717, 1.165) is 49.2 Å². The van der Waals surface area contributed by atoms with Crippen LogP contribution in [0.2, 0.25) is 0 Å². The van der Waals surface area contributed by atoms with Crippen molar-refractivity contribution in [2.24, 2.45) is 5.92 Å². The van der Waals surface area contributed by atoms with Gasteiger partial charge in [-0.1, -0.05) is 54.6 Å². The molecule has 0 saturated heterocycles. The first-order chi connectivity index (χ1) is 23.8. The van der Waals surface area contributed by atoms with E-state index in [-0.39, 0.29) is 31.8 Å². The third-order valence-corrected chi connectivity index (χ3v) is 8.11. The molecule has 5 aromatic carbocycles.